The first-order valence-electron chi connectivity index (χ1n) is 7.02. The van der Waals surface area contributed by atoms with Crippen molar-refractivity contribution >= 4 is 21.6 Å². The van der Waals surface area contributed by atoms with E-state index in [4.69, 9.17) is 11.6 Å². The van der Waals surface area contributed by atoms with Gasteiger partial charge in [-0.15, -0.1) is 0 Å². The van der Waals surface area contributed by atoms with Crippen molar-refractivity contribution in [3.8, 4) is 0 Å². The number of sulfonamides is 1. The molecule has 3 nitrogen and oxygen atoms in total. The lowest BCUT2D eigenvalue weighted by Gasteiger charge is -2.25. The van der Waals surface area contributed by atoms with E-state index in [9.17, 15) is 12.8 Å². The molecule has 6 heteroatoms. The highest BCUT2D eigenvalue weighted by Crippen LogP contribution is 2.38. The Hall–Kier alpha value is -1.43. The summed E-state index contributed by atoms with van der Waals surface area (Å²) in [5.41, 5.74) is 0.413. The Kier molecular flexibility index (Phi) is 4.21. The summed E-state index contributed by atoms with van der Waals surface area (Å²) in [5, 5.41) is 0.182. The molecule has 0 amide bonds. The van der Waals surface area contributed by atoms with Crippen molar-refractivity contribution < 1.29 is 12.8 Å². The molecule has 1 fully saturated rings. The summed E-state index contributed by atoms with van der Waals surface area (Å²) in [6, 6.07) is 12.2. The van der Waals surface area contributed by atoms with E-state index in [0.29, 0.717) is 24.9 Å². The van der Waals surface area contributed by atoms with Crippen molar-refractivity contribution in [2.24, 2.45) is 0 Å². The average Bonchev–Trinajstić information content (AvgIpc) is 2.98. The van der Waals surface area contributed by atoms with Crippen molar-refractivity contribution in [1.82, 2.24) is 4.31 Å². The van der Waals surface area contributed by atoms with Crippen molar-refractivity contribution in [2.45, 2.75) is 23.8 Å². The lowest BCUT2D eigenvalue weighted by molar-refractivity contribution is 0.386. The van der Waals surface area contributed by atoms with Gasteiger partial charge in [0.2, 0.25) is 10.0 Å². The first-order chi connectivity index (χ1) is 10.5. The molecule has 0 N–H and O–H groups in total. The monoisotopic (exact) mass is 339 g/mol. The molecule has 1 aliphatic heterocycles. The summed E-state index contributed by atoms with van der Waals surface area (Å²) in [6.07, 6.45) is 1.30. The number of benzene rings is 2. The molecular formula is C16H15ClFNO2S. The Morgan fingerprint density at radius 2 is 1.77 bits per heavy atom. The summed E-state index contributed by atoms with van der Waals surface area (Å²) in [7, 11) is -3.75. The molecule has 0 spiro atoms. The zero-order valence-corrected chi connectivity index (χ0v) is 13.3. The topological polar surface area (TPSA) is 37.4 Å². The first-order valence-corrected chi connectivity index (χ1v) is 8.84. The molecule has 116 valence electrons. The number of rotatable bonds is 3. The Labute approximate surface area is 134 Å². The van der Waals surface area contributed by atoms with E-state index < -0.39 is 16.1 Å². The third-order valence-corrected chi connectivity index (χ3v) is 6.30. The van der Waals surface area contributed by atoms with Gasteiger partial charge in [0.25, 0.3) is 0 Å². The SMILES string of the molecule is O=S(=O)(c1ccccc1Cl)N1CCC[C@H]1c1ccccc1F. The van der Waals surface area contributed by atoms with Crippen LogP contribution in [0.3, 0.4) is 0 Å². The van der Waals surface area contributed by atoms with Gasteiger partial charge in [0.15, 0.2) is 0 Å². The Morgan fingerprint density at radius 1 is 1.09 bits per heavy atom. The number of hydrogen-bond donors (Lipinski definition) is 0. The molecule has 0 radical (unpaired) electrons. The Balaban J connectivity index is 2.04. The van der Waals surface area contributed by atoms with E-state index in [1.165, 1.54) is 16.4 Å². The Bertz CT molecular complexity index is 794. The lowest BCUT2D eigenvalue weighted by atomic mass is 10.1. The molecule has 1 saturated heterocycles. The highest BCUT2D eigenvalue weighted by Gasteiger charge is 2.38. The van der Waals surface area contributed by atoms with E-state index in [0.717, 1.165) is 0 Å². The van der Waals surface area contributed by atoms with Crippen molar-refractivity contribution in [1.29, 1.82) is 0 Å². The van der Waals surface area contributed by atoms with Gasteiger partial charge in [0.1, 0.15) is 10.7 Å². The van der Waals surface area contributed by atoms with Crippen LogP contribution >= 0.6 is 11.6 Å². The quantitative estimate of drug-likeness (QED) is 0.847. The molecule has 2 aromatic carbocycles. The fraction of sp³-hybridized carbons (Fsp3) is 0.250. The van der Waals surface area contributed by atoms with E-state index in [-0.39, 0.29) is 15.7 Å². The summed E-state index contributed by atoms with van der Waals surface area (Å²) in [4.78, 5) is 0.0694. The molecule has 1 atom stereocenters. The minimum absolute atomic E-state index is 0.0694. The number of nitrogens with zero attached hydrogens (tertiary/aromatic N) is 1. The van der Waals surface area contributed by atoms with Crippen molar-refractivity contribution in [3.63, 3.8) is 0 Å². The van der Waals surface area contributed by atoms with E-state index in [1.807, 2.05) is 0 Å². The maximum atomic E-state index is 14.0. The second-order valence-electron chi connectivity index (χ2n) is 5.23. The van der Waals surface area contributed by atoms with E-state index in [2.05, 4.69) is 0 Å². The minimum Gasteiger partial charge on any atom is -0.207 e. The molecule has 1 aliphatic rings. The van der Waals surface area contributed by atoms with Crippen LogP contribution in [-0.4, -0.2) is 19.3 Å². The Morgan fingerprint density at radius 3 is 2.50 bits per heavy atom. The van der Waals surface area contributed by atoms with Crippen LogP contribution in [-0.2, 0) is 10.0 Å². The van der Waals surface area contributed by atoms with Crippen LogP contribution < -0.4 is 0 Å². The van der Waals surface area contributed by atoms with Gasteiger partial charge in [0, 0.05) is 12.1 Å². The van der Waals surface area contributed by atoms with Crippen LogP contribution in [0.1, 0.15) is 24.4 Å². The maximum absolute atomic E-state index is 14.0. The zero-order chi connectivity index (χ0) is 15.7. The molecular weight excluding hydrogens is 325 g/mol. The maximum Gasteiger partial charge on any atom is 0.245 e. The summed E-state index contributed by atoms with van der Waals surface area (Å²) < 4.78 is 41.1. The molecule has 0 unspecified atom stereocenters. The van der Waals surface area contributed by atoms with Crippen molar-refractivity contribution in [3.05, 3.63) is 64.9 Å². The predicted molar refractivity (Wildman–Crippen MR) is 83.7 cm³/mol. The van der Waals surface area contributed by atoms with E-state index in [1.54, 1.807) is 36.4 Å². The molecule has 3 rings (SSSR count). The normalized spacial score (nSPS) is 19.5. The fourth-order valence-corrected chi connectivity index (χ4v) is 5.03. The molecule has 2 aromatic rings. The van der Waals surface area contributed by atoms with Crippen LogP contribution in [0.25, 0.3) is 0 Å². The summed E-state index contributed by atoms with van der Waals surface area (Å²) >= 11 is 6.03. The van der Waals surface area contributed by atoms with Crippen LogP contribution in [0, 0.1) is 5.82 Å². The minimum atomic E-state index is -3.75. The van der Waals surface area contributed by atoms with Gasteiger partial charge in [-0.1, -0.05) is 41.9 Å². The molecule has 0 bridgehead atoms. The van der Waals surface area contributed by atoms with Gasteiger partial charge in [-0.3, -0.25) is 0 Å². The fourth-order valence-electron chi connectivity index (χ4n) is 2.86. The lowest BCUT2D eigenvalue weighted by Crippen LogP contribution is -2.31. The molecule has 22 heavy (non-hydrogen) atoms. The molecule has 0 saturated carbocycles. The predicted octanol–water partition coefficient (Wildman–Crippen LogP) is 4.00. The summed E-state index contributed by atoms with van der Waals surface area (Å²) in [5.74, 6) is -0.381. The van der Waals surface area contributed by atoms with Gasteiger partial charge in [-0.05, 0) is 31.0 Å². The second kappa shape index (κ2) is 5.99. The molecule has 0 aromatic heterocycles. The second-order valence-corrected chi connectivity index (χ2v) is 7.49. The van der Waals surface area contributed by atoms with Gasteiger partial charge in [0.05, 0.1) is 11.1 Å². The smallest absolute Gasteiger partial charge is 0.207 e. The number of hydrogen-bond acceptors (Lipinski definition) is 2. The van der Waals surface area contributed by atoms with E-state index >= 15 is 0 Å². The largest absolute Gasteiger partial charge is 0.245 e. The highest BCUT2D eigenvalue weighted by molar-refractivity contribution is 7.89. The van der Waals surface area contributed by atoms with Crippen LogP contribution in [0.5, 0.6) is 0 Å². The van der Waals surface area contributed by atoms with Gasteiger partial charge >= 0.3 is 0 Å². The van der Waals surface area contributed by atoms with Gasteiger partial charge in [-0.2, -0.15) is 4.31 Å². The molecule has 0 aliphatic carbocycles. The first kappa shape index (κ1) is 15.5. The highest BCUT2D eigenvalue weighted by atomic mass is 35.5. The summed E-state index contributed by atoms with van der Waals surface area (Å²) in [6.45, 7) is 0.368. The standard InChI is InChI=1S/C16H15ClFNO2S/c17-13-7-2-4-10-16(13)22(20,21)19-11-5-9-15(19)12-6-1-3-8-14(12)18/h1-4,6-8,10,15H,5,9,11H2/t15-/m0/s1. The number of halogens is 2. The van der Waals surface area contributed by atoms with Crippen LogP contribution in [0.4, 0.5) is 4.39 Å². The van der Waals surface area contributed by atoms with Crippen LogP contribution in [0.2, 0.25) is 5.02 Å². The zero-order valence-electron chi connectivity index (χ0n) is 11.7. The third-order valence-electron chi connectivity index (χ3n) is 3.89. The van der Waals surface area contributed by atoms with Gasteiger partial charge < -0.3 is 0 Å². The average molecular weight is 340 g/mol. The van der Waals surface area contributed by atoms with Crippen LogP contribution in [0.15, 0.2) is 53.4 Å². The molecule has 1 heterocycles. The van der Waals surface area contributed by atoms with Crippen molar-refractivity contribution in [2.75, 3.05) is 6.54 Å². The third kappa shape index (κ3) is 2.64. The van der Waals surface area contributed by atoms with Gasteiger partial charge in [-0.25, -0.2) is 12.8 Å².